The molecule has 0 spiro atoms. The predicted molar refractivity (Wildman–Crippen MR) is 81.7 cm³/mol. The van der Waals surface area contributed by atoms with Crippen LogP contribution in [0.2, 0.25) is 0 Å². The van der Waals surface area contributed by atoms with Crippen molar-refractivity contribution in [1.82, 2.24) is 5.32 Å². The van der Waals surface area contributed by atoms with Gasteiger partial charge in [0.15, 0.2) is 11.5 Å². The summed E-state index contributed by atoms with van der Waals surface area (Å²) in [7, 11) is 1.91. The lowest BCUT2D eigenvalue weighted by molar-refractivity contribution is 0.173. The number of thiophene rings is 1. The Morgan fingerprint density at radius 1 is 1.35 bits per heavy atom. The Labute approximate surface area is 129 Å². The first-order valence-electron chi connectivity index (χ1n) is 6.19. The van der Waals surface area contributed by atoms with Gasteiger partial charge in [0, 0.05) is 22.6 Å². The lowest BCUT2D eigenvalue weighted by Gasteiger charge is -2.12. The molecule has 3 rings (SSSR count). The van der Waals surface area contributed by atoms with Crippen molar-refractivity contribution in [2.45, 2.75) is 13.2 Å². The smallest absolute Gasteiger partial charge is 0.231 e. The van der Waals surface area contributed by atoms with Crippen LogP contribution in [0.25, 0.3) is 0 Å². The fraction of sp³-hybridized carbons (Fsp3) is 0.286. The van der Waals surface area contributed by atoms with E-state index in [1.54, 1.807) is 11.3 Å². The van der Waals surface area contributed by atoms with Gasteiger partial charge in [-0.25, -0.2) is 0 Å². The third-order valence-corrected chi connectivity index (χ3v) is 4.87. The number of benzene rings is 1. The molecule has 6 heteroatoms. The minimum atomic E-state index is 0.272. The van der Waals surface area contributed by atoms with Crippen LogP contribution in [0, 0.1) is 0 Å². The van der Waals surface area contributed by atoms with Gasteiger partial charge in [-0.1, -0.05) is 0 Å². The molecule has 0 fully saturated rings. The van der Waals surface area contributed by atoms with Crippen molar-refractivity contribution < 1.29 is 14.2 Å². The maximum absolute atomic E-state index is 5.95. The van der Waals surface area contributed by atoms with Crippen LogP contribution in [0.3, 0.4) is 0 Å². The van der Waals surface area contributed by atoms with Crippen LogP contribution in [0.4, 0.5) is 0 Å². The summed E-state index contributed by atoms with van der Waals surface area (Å²) in [6.45, 7) is 1.53. The Bertz CT molecular complexity index is 614. The molecule has 1 aliphatic heterocycles. The van der Waals surface area contributed by atoms with E-state index in [9.17, 15) is 0 Å². The number of halogens is 1. The average Bonchev–Trinajstić information content (AvgIpc) is 3.05. The summed E-state index contributed by atoms with van der Waals surface area (Å²) in [5.74, 6) is 2.34. The maximum Gasteiger partial charge on any atom is 0.231 e. The van der Waals surface area contributed by atoms with E-state index in [4.69, 9.17) is 14.2 Å². The van der Waals surface area contributed by atoms with Crippen molar-refractivity contribution >= 4 is 27.3 Å². The van der Waals surface area contributed by atoms with Crippen molar-refractivity contribution in [3.05, 3.63) is 38.5 Å². The summed E-state index contributed by atoms with van der Waals surface area (Å²) in [5.41, 5.74) is 1.06. The number of fused-ring (bicyclic) bond motifs is 1. The normalized spacial score (nSPS) is 12.7. The highest BCUT2D eigenvalue weighted by molar-refractivity contribution is 9.10. The van der Waals surface area contributed by atoms with Crippen LogP contribution in [0.5, 0.6) is 17.2 Å². The van der Waals surface area contributed by atoms with Crippen LogP contribution in [-0.4, -0.2) is 13.8 Å². The number of rotatable bonds is 5. The van der Waals surface area contributed by atoms with Gasteiger partial charge in [-0.2, -0.15) is 0 Å². The van der Waals surface area contributed by atoms with Gasteiger partial charge in [-0.3, -0.25) is 0 Å². The molecule has 2 aromatic rings. The van der Waals surface area contributed by atoms with E-state index >= 15 is 0 Å². The van der Waals surface area contributed by atoms with Crippen LogP contribution >= 0.6 is 27.3 Å². The zero-order valence-electron chi connectivity index (χ0n) is 10.9. The molecule has 106 valence electrons. The van der Waals surface area contributed by atoms with E-state index in [0.717, 1.165) is 38.7 Å². The molecular formula is C14H14BrNO3S. The van der Waals surface area contributed by atoms with Gasteiger partial charge in [0.1, 0.15) is 12.4 Å². The first-order valence-corrected chi connectivity index (χ1v) is 7.87. The quantitative estimate of drug-likeness (QED) is 0.890. The van der Waals surface area contributed by atoms with E-state index in [-0.39, 0.29) is 6.79 Å². The van der Waals surface area contributed by atoms with Gasteiger partial charge in [-0.05, 0) is 40.5 Å². The van der Waals surface area contributed by atoms with E-state index in [1.165, 1.54) is 0 Å². The molecular weight excluding hydrogens is 342 g/mol. The fourth-order valence-electron chi connectivity index (χ4n) is 2.00. The molecule has 0 amide bonds. The van der Waals surface area contributed by atoms with Gasteiger partial charge in [0.2, 0.25) is 6.79 Å². The van der Waals surface area contributed by atoms with Gasteiger partial charge < -0.3 is 19.5 Å². The second-order valence-electron chi connectivity index (χ2n) is 4.32. The topological polar surface area (TPSA) is 39.7 Å². The first kappa shape index (κ1) is 13.7. The zero-order chi connectivity index (χ0) is 13.9. The van der Waals surface area contributed by atoms with Gasteiger partial charge in [0.05, 0.1) is 4.88 Å². The fourth-order valence-corrected chi connectivity index (χ4v) is 3.38. The molecule has 0 radical (unpaired) electrons. The van der Waals surface area contributed by atoms with E-state index < -0.39 is 0 Å². The molecule has 0 aliphatic carbocycles. The van der Waals surface area contributed by atoms with Crippen molar-refractivity contribution in [1.29, 1.82) is 0 Å². The Balaban J connectivity index is 1.82. The summed E-state index contributed by atoms with van der Waals surface area (Å²) in [6.07, 6.45) is 0. The molecule has 0 saturated heterocycles. The van der Waals surface area contributed by atoms with Crippen molar-refractivity contribution in [3.63, 3.8) is 0 Å². The minimum Gasteiger partial charge on any atom is -0.488 e. The number of nitrogens with one attached hydrogen (secondary N) is 1. The summed E-state index contributed by atoms with van der Waals surface area (Å²) < 4.78 is 17.8. The monoisotopic (exact) mass is 355 g/mol. The summed E-state index contributed by atoms with van der Waals surface area (Å²) in [4.78, 5) is 1.16. The predicted octanol–water partition coefficient (Wildman–Crippen LogP) is 3.54. The molecule has 2 heterocycles. The minimum absolute atomic E-state index is 0.272. The SMILES string of the molecule is CNCc1cc2c(cc1OCc1sccc1Br)OCO2. The second-order valence-corrected chi connectivity index (χ2v) is 6.18. The molecule has 0 atom stereocenters. The maximum atomic E-state index is 5.95. The van der Waals surface area contributed by atoms with Gasteiger partial charge in [0.25, 0.3) is 0 Å². The van der Waals surface area contributed by atoms with Crippen LogP contribution in [-0.2, 0) is 13.2 Å². The average molecular weight is 356 g/mol. The van der Waals surface area contributed by atoms with Crippen LogP contribution in [0.15, 0.2) is 28.1 Å². The van der Waals surface area contributed by atoms with E-state index in [0.29, 0.717) is 6.61 Å². The Morgan fingerprint density at radius 3 is 2.85 bits per heavy atom. The van der Waals surface area contributed by atoms with Crippen molar-refractivity contribution in [3.8, 4) is 17.2 Å². The molecule has 1 N–H and O–H groups in total. The standard InChI is InChI=1S/C14H14BrNO3S/c1-16-6-9-4-12-13(19-8-18-12)5-11(9)17-7-14-10(15)2-3-20-14/h2-5,16H,6-8H2,1H3. The van der Waals surface area contributed by atoms with E-state index in [1.807, 2.05) is 30.6 Å². The summed E-state index contributed by atoms with van der Waals surface area (Å²) in [6, 6.07) is 5.89. The molecule has 20 heavy (non-hydrogen) atoms. The molecule has 0 saturated carbocycles. The van der Waals surface area contributed by atoms with Crippen molar-refractivity contribution in [2.75, 3.05) is 13.8 Å². The molecule has 0 unspecified atom stereocenters. The zero-order valence-corrected chi connectivity index (χ0v) is 13.3. The molecule has 1 aromatic heterocycles. The highest BCUT2D eigenvalue weighted by Gasteiger charge is 2.18. The molecule has 1 aromatic carbocycles. The Morgan fingerprint density at radius 2 is 2.15 bits per heavy atom. The van der Waals surface area contributed by atoms with Gasteiger partial charge in [-0.15, -0.1) is 11.3 Å². The van der Waals surface area contributed by atoms with Crippen LogP contribution < -0.4 is 19.5 Å². The molecule has 0 bridgehead atoms. The highest BCUT2D eigenvalue weighted by Crippen LogP contribution is 2.38. The summed E-state index contributed by atoms with van der Waals surface area (Å²) >= 11 is 5.18. The third kappa shape index (κ3) is 2.77. The Kier molecular flexibility index (Phi) is 4.14. The second kappa shape index (κ2) is 6.03. The Hall–Kier alpha value is -1.24. The lowest BCUT2D eigenvalue weighted by atomic mass is 10.1. The number of ether oxygens (including phenoxy) is 3. The van der Waals surface area contributed by atoms with E-state index in [2.05, 4.69) is 21.2 Å². The van der Waals surface area contributed by atoms with Gasteiger partial charge >= 0.3 is 0 Å². The summed E-state index contributed by atoms with van der Waals surface area (Å²) in [5, 5.41) is 5.18. The first-order chi connectivity index (χ1) is 9.78. The molecule has 4 nitrogen and oxygen atoms in total. The van der Waals surface area contributed by atoms with Crippen LogP contribution in [0.1, 0.15) is 10.4 Å². The number of hydrogen-bond donors (Lipinski definition) is 1. The third-order valence-electron chi connectivity index (χ3n) is 2.97. The highest BCUT2D eigenvalue weighted by atomic mass is 79.9. The largest absolute Gasteiger partial charge is 0.488 e. The number of hydrogen-bond acceptors (Lipinski definition) is 5. The van der Waals surface area contributed by atoms with Crippen molar-refractivity contribution in [2.24, 2.45) is 0 Å². The molecule has 1 aliphatic rings. The lowest BCUT2D eigenvalue weighted by Crippen LogP contribution is -2.07.